The van der Waals surface area contributed by atoms with E-state index < -0.39 is 6.03 Å². The lowest BCUT2D eigenvalue weighted by atomic mass is 10.1. The van der Waals surface area contributed by atoms with E-state index in [1.165, 1.54) is 0 Å². The van der Waals surface area contributed by atoms with E-state index in [4.69, 9.17) is 14.2 Å². The number of benzene rings is 3. The molecule has 0 spiro atoms. The number of para-hydroxylation sites is 2. The van der Waals surface area contributed by atoms with Gasteiger partial charge in [0, 0.05) is 67.5 Å². The lowest BCUT2D eigenvalue weighted by molar-refractivity contribution is 0.0939. The molecule has 1 atom stereocenters. The van der Waals surface area contributed by atoms with E-state index in [1.807, 2.05) is 44.2 Å². The van der Waals surface area contributed by atoms with E-state index in [0.717, 1.165) is 49.7 Å². The zero-order valence-electron chi connectivity index (χ0n) is 24.3. The highest BCUT2D eigenvalue weighted by Crippen LogP contribution is 2.31. The topological polar surface area (TPSA) is 104 Å². The Labute approximate surface area is 241 Å². The van der Waals surface area contributed by atoms with Crippen molar-refractivity contribution in [2.45, 2.75) is 26.3 Å². The monoisotopic (exact) mass is 561 g/mol. The maximum atomic E-state index is 13.4. The second-order valence-electron chi connectivity index (χ2n) is 9.84. The Bertz CT molecular complexity index is 1330. The molecule has 1 unspecified atom stereocenters. The standard InChI is InChI=1S/C31H39N5O5/c1-6-21(2)32-30(37)26-19-22(33-31(38)34-23-17-24(39-3)20-25(18-23)40-4)11-12-27(26)35-13-15-36(16-14-35)28-9-7-8-10-29(28)41-5/h7-12,17-21H,6,13-16H2,1-5H3,(H,32,37)(H2,33,34,38). The van der Waals surface area contributed by atoms with Gasteiger partial charge in [0.2, 0.25) is 0 Å². The molecule has 0 aliphatic carbocycles. The summed E-state index contributed by atoms with van der Waals surface area (Å²) >= 11 is 0. The number of anilines is 4. The largest absolute Gasteiger partial charge is 0.497 e. The molecule has 0 bridgehead atoms. The maximum absolute atomic E-state index is 13.4. The van der Waals surface area contributed by atoms with Gasteiger partial charge < -0.3 is 40.0 Å². The molecule has 1 aliphatic heterocycles. The summed E-state index contributed by atoms with van der Waals surface area (Å²) in [6.07, 6.45) is 0.809. The fourth-order valence-electron chi connectivity index (χ4n) is 4.73. The van der Waals surface area contributed by atoms with Crippen molar-refractivity contribution in [2.24, 2.45) is 0 Å². The first-order chi connectivity index (χ1) is 19.8. The third kappa shape index (κ3) is 7.33. The Morgan fingerprint density at radius 3 is 2.00 bits per heavy atom. The number of hydrogen-bond acceptors (Lipinski definition) is 7. The Kier molecular flexibility index (Phi) is 9.78. The number of hydrogen-bond donors (Lipinski definition) is 3. The second-order valence-corrected chi connectivity index (χ2v) is 9.84. The molecule has 0 aromatic heterocycles. The van der Waals surface area contributed by atoms with Gasteiger partial charge in [-0.25, -0.2) is 4.79 Å². The summed E-state index contributed by atoms with van der Waals surface area (Å²) < 4.78 is 16.1. The fourth-order valence-corrected chi connectivity index (χ4v) is 4.73. The van der Waals surface area contributed by atoms with Crippen LogP contribution in [0.2, 0.25) is 0 Å². The number of methoxy groups -OCH3 is 3. The average molecular weight is 562 g/mol. The summed E-state index contributed by atoms with van der Waals surface area (Å²) in [7, 11) is 4.77. The van der Waals surface area contributed by atoms with Crippen LogP contribution in [0.3, 0.4) is 0 Å². The molecule has 10 heteroatoms. The number of ether oxygens (including phenoxy) is 3. The molecule has 1 aliphatic rings. The van der Waals surface area contributed by atoms with Crippen LogP contribution in [0.5, 0.6) is 17.2 Å². The first kappa shape index (κ1) is 29.4. The molecule has 3 aromatic carbocycles. The van der Waals surface area contributed by atoms with Crippen molar-refractivity contribution in [3.8, 4) is 17.2 Å². The molecule has 1 saturated heterocycles. The lowest BCUT2D eigenvalue weighted by Gasteiger charge is -2.38. The van der Waals surface area contributed by atoms with Crippen molar-refractivity contribution in [3.63, 3.8) is 0 Å². The number of urea groups is 1. The molecule has 3 amide bonds. The molecule has 218 valence electrons. The van der Waals surface area contributed by atoms with Crippen LogP contribution in [0.4, 0.5) is 27.5 Å². The van der Waals surface area contributed by atoms with Crippen molar-refractivity contribution >= 4 is 34.7 Å². The van der Waals surface area contributed by atoms with Crippen molar-refractivity contribution < 1.29 is 23.8 Å². The van der Waals surface area contributed by atoms with Gasteiger partial charge in [-0.2, -0.15) is 0 Å². The lowest BCUT2D eigenvalue weighted by Crippen LogP contribution is -2.47. The van der Waals surface area contributed by atoms with Crippen molar-refractivity contribution in [3.05, 3.63) is 66.2 Å². The minimum Gasteiger partial charge on any atom is -0.497 e. The van der Waals surface area contributed by atoms with Crippen LogP contribution in [-0.4, -0.2) is 65.5 Å². The molecule has 4 rings (SSSR count). The third-order valence-corrected chi connectivity index (χ3v) is 7.14. The molecule has 0 saturated carbocycles. The highest BCUT2D eigenvalue weighted by Gasteiger charge is 2.24. The van der Waals surface area contributed by atoms with Crippen LogP contribution >= 0.6 is 0 Å². The molecule has 0 radical (unpaired) electrons. The molecule has 10 nitrogen and oxygen atoms in total. The Morgan fingerprint density at radius 1 is 0.780 bits per heavy atom. The van der Waals surface area contributed by atoms with Gasteiger partial charge in [0.25, 0.3) is 5.91 Å². The quantitative estimate of drug-likeness (QED) is 0.312. The zero-order valence-corrected chi connectivity index (χ0v) is 24.3. The smallest absolute Gasteiger partial charge is 0.323 e. The van der Waals surface area contributed by atoms with Crippen LogP contribution in [0, 0.1) is 0 Å². The molecule has 1 heterocycles. The Hall–Kier alpha value is -4.60. The van der Waals surface area contributed by atoms with Crippen LogP contribution in [0.1, 0.15) is 30.6 Å². The Balaban J connectivity index is 1.52. The van der Waals surface area contributed by atoms with Gasteiger partial charge in [-0.3, -0.25) is 4.79 Å². The number of nitrogens with zero attached hydrogens (tertiary/aromatic N) is 2. The maximum Gasteiger partial charge on any atom is 0.323 e. The molecule has 3 aromatic rings. The number of rotatable bonds is 10. The Morgan fingerprint density at radius 2 is 1.39 bits per heavy atom. The van der Waals surface area contributed by atoms with E-state index in [0.29, 0.717) is 28.4 Å². The van der Waals surface area contributed by atoms with E-state index in [2.05, 4.69) is 31.8 Å². The van der Waals surface area contributed by atoms with Crippen LogP contribution in [-0.2, 0) is 0 Å². The van der Waals surface area contributed by atoms with Crippen LogP contribution < -0.4 is 40.0 Å². The zero-order chi connectivity index (χ0) is 29.4. The van der Waals surface area contributed by atoms with Gasteiger partial charge in [0.15, 0.2) is 0 Å². The minimum atomic E-state index is -0.452. The summed E-state index contributed by atoms with van der Waals surface area (Å²) in [6.45, 7) is 7.01. The predicted molar refractivity (Wildman–Crippen MR) is 163 cm³/mol. The fraction of sp³-hybridized carbons (Fsp3) is 0.355. The molecular weight excluding hydrogens is 522 g/mol. The van der Waals surface area contributed by atoms with Gasteiger partial charge >= 0.3 is 6.03 Å². The summed E-state index contributed by atoms with van der Waals surface area (Å²) in [6, 6.07) is 18.1. The number of piperazine rings is 1. The summed E-state index contributed by atoms with van der Waals surface area (Å²) in [5.74, 6) is 1.77. The first-order valence-corrected chi connectivity index (χ1v) is 13.7. The van der Waals surface area contributed by atoms with Crippen molar-refractivity contribution in [2.75, 3.05) is 67.9 Å². The van der Waals surface area contributed by atoms with E-state index in [1.54, 1.807) is 45.6 Å². The van der Waals surface area contributed by atoms with Crippen LogP contribution in [0.15, 0.2) is 60.7 Å². The van der Waals surface area contributed by atoms with Gasteiger partial charge in [-0.1, -0.05) is 19.1 Å². The van der Waals surface area contributed by atoms with Gasteiger partial charge in [0.1, 0.15) is 17.2 Å². The normalized spacial score (nSPS) is 13.7. The molecule has 41 heavy (non-hydrogen) atoms. The number of carbonyl (C=O) groups excluding carboxylic acids is 2. The number of amides is 3. The van der Waals surface area contributed by atoms with E-state index in [9.17, 15) is 9.59 Å². The SMILES string of the molecule is CCC(C)NC(=O)c1cc(NC(=O)Nc2cc(OC)cc(OC)c2)ccc1N1CCN(c2ccccc2OC)CC1. The second kappa shape index (κ2) is 13.6. The third-order valence-electron chi connectivity index (χ3n) is 7.14. The summed E-state index contributed by atoms with van der Waals surface area (Å²) in [5, 5.41) is 8.72. The highest BCUT2D eigenvalue weighted by molar-refractivity contribution is 6.04. The average Bonchev–Trinajstić information content (AvgIpc) is 3.00. The van der Waals surface area contributed by atoms with E-state index >= 15 is 0 Å². The minimum absolute atomic E-state index is 0.0145. The highest BCUT2D eigenvalue weighted by atomic mass is 16.5. The number of carbonyl (C=O) groups is 2. The molecular formula is C31H39N5O5. The van der Waals surface area contributed by atoms with E-state index in [-0.39, 0.29) is 11.9 Å². The predicted octanol–water partition coefficient (Wildman–Crippen LogP) is 5.21. The van der Waals surface area contributed by atoms with Gasteiger partial charge in [0.05, 0.1) is 32.6 Å². The molecule has 1 fully saturated rings. The molecule has 3 N–H and O–H groups in total. The van der Waals surface area contributed by atoms with Gasteiger partial charge in [-0.15, -0.1) is 0 Å². The van der Waals surface area contributed by atoms with Crippen molar-refractivity contribution in [1.29, 1.82) is 0 Å². The van der Waals surface area contributed by atoms with Gasteiger partial charge in [-0.05, 0) is 43.7 Å². The number of nitrogens with one attached hydrogen (secondary N) is 3. The van der Waals surface area contributed by atoms with Crippen LogP contribution in [0.25, 0.3) is 0 Å². The first-order valence-electron chi connectivity index (χ1n) is 13.7. The van der Waals surface area contributed by atoms with Crippen molar-refractivity contribution in [1.82, 2.24) is 5.32 Å². The summed E-state index contributed by atoms with van der Waals surface area (Å²) in [5.41, 5.74) is 3.41. The summed E-state index contributed by atoms with van der Waals surface area (Å²) in [4.78, 5) is 30.8.